The van der Waals surface area contributed by atoms with Crippen LogP contribution in [0.15, 0.2) is 18.2 Å². The van der Waals surface area contributed by atoms with E-state index < -0.39 is 11.6 Å². The largest absolute Gasteiger partial charge is 0.342 e. The molecule has 0 saturated carbocycles. The van der Waals surface area contributed by atoms with Gasteiger partial charge in [0.1, 0.15) is 17.5 Å². The van der Waals surface area contributed by atoms with Crippen molar-refractivity contribution in [3.8, 4) is 11.4 Å². The monoisotopic (exact) mass is 374 g/mol. The van der Waals surface area contributed by atoms with Gasteiger partial charge in [-0.1, -0.05) is 0 Å². The van der Waals surface area contributed by atoms with Crippen molar-refractivity contribution in [3.63, 3.8) is 0 Å². The van der Waals surface area contributed by atoms with Crippen LogP contribution in [0, 0.1) is 17.6 Å². The Morgan fingerprint density at radius 3 is 2.89 bits per heavy atom. The van der Waals surface area contributed by atoms with E-state index in [2.05, 4.69) is 9.97 Å². The molecule has 0 unspecified atom stereocenters. The first kappa shape index (κ1) is 17.6. The number of rotatable bonds is 3. The molecule has 1 atom stereocenters. The molecule has 27 heavy (non-hydrogen) atoms. The van der Waals surface area contributed by atoms with Gasteiger partial charge in [-0.25, -0.2) is 13.8 Å². The first-order valence-electron chi connectivity index (χ1n) is 9.06. The van der Waals surface area contributed by atoms with Gasteiger partial charge < -0.3 is 14.8 Å². The molecule has 2 aliphatic heterocycles. The van der Waals surface area contributed by atoms with Crippen LogP contribution in [0.1, 0.15) is 24.7 Å². The Morgan fingerprint density at radius 1 is 1.37 bits per heavy atom. The molecule has 2 aliphatic rings. The van der Waals surface area contributed by atoms with Gasteiger partial charge in [-0.15, -0.1) is 0 Å². The fourth-order valence-electron chi connectivity index (χ4n) is 3.79. The maximum absolute atomic E-state index is 14.0. The summed E-state index contributed by atoms with van der Waals surface area (Å²) in [6, 6.07) is 3.36. The van der Waals surface area contributed by atoms with Crippen molar-refractivity contribution in [1.29, 1.82) is 0 Å². The molecule has 6 nitrogen and oxygen atoms in total. The van der Waals surface area contributed by atoms with Gasteiger partial charge in [0, 0.05) is 38.5 Å². The minimum absolute atomic E-state index is 0.0177. The first-order valence-corrected chi connectivity index (χ1v) is 9.06. The van der Waals surface area contributed by atoms with Crippen LogP contribution in [0.5, 0.6) is 0 Å². The van der Waals surface area contributed by atoms with Crippen molar-refractivity contribution >= 4 is 11.8 Å². The fraction of sp³-hybridized carbons (Fsp3) is 0.421. The Bertz CT molecular complexity index is 911. The highest BCUT2D eigenvalue weighted by Gasteiger charge is 2.37. The SMILES string of the molecule is CCN1C[C@@H](C(=O)N2CCc3nc(-c4ccc(F)cc4F)[nH]c3C2)CC1=O. The third-order valence-corrected chi connectivity index (χ3v) is 5.28. The number of hydrogen-bond donors (Lipinski definition) is 1. The lowest BCUT2D eigenvalue weighted by Crippen LogP contribution is -2.40. The number of nitrogens with one attached hydrogen (secondary N) is 1. The number of amides is 2. The van der Waals surface area contributed by atoms with Gasteiger partial charge in [0.05, 0.1) is 29.4 Å². The van der Waals surface area contributed by atoms with Crippen LogP contribution in [0.2, 0.25) is 0 Å². The van der Waals surface area contributed by atoms with Crippen molar-refractivity contribution in [1.82, 2.24) is 19.8 Å². The Labute approximate surface area is 155 Å². The van der Waals surface area contributed by atoms with E-state index in [9.17, 15) is 18.4 Å². The molecule has 1 fully saturated rings. The number of H-pyrrole nitrogens is 1. The van der Waals surface area contributed by atoms with Crippen molar-refractivity contribution in [2.24, 2.45) is 5.92 Å². The lowest BCUT2D eigenvalue weighted by atomic mass is 10.0. The Kier molecular flexibility index (Phi) is 4.41. The summed E-state index contributed by atoms with van der Waals surface area (Å²) in [6.45, 7) is 3.84. The molecule has 3 heterocycles. The molecule has 8 heteroatoms. The van der Waals surface area contributed by atoms with Crippen LogP contribution >= 0.6 is 0 Å². The average Bonchev–Trinajstić information content (AvgIpc) is 3.23. The zero-order valence-electron chi connectivity index (χ0n) is 15.0. The highest BCUT2D eigenvalue weighted by Crippen LogP contribution is 2.27. The number of benzene rings is 1. The van der Waals surface area contributed by atoms with Gasteiger partial charge in [0.25, 0.3) is 0 Å². The summed E-state index contributed by atoms with van der Waals surface area (Å²) in [5.74, 6) is -1.32. The summed E-state index contributed by atoms with van der Waals surface area (Å²) in [4.78, 5) is 35.6. The highest BCUT2D eigenvalue weighted by atomic mass is 19.1. The molecule has 0 aliphatic carbocycles. The van der Waals surface area contributed by atoms with Crippen molar-refractivity contribution < 1.29 is 18.4 Å². The fourth-order valence-corrected chi connectivity index (χ4v) is 3.79. The minimum Gasteiger partial charge on any atom is -0.342 e. The standard InChI is InChI=1S/C19H20F2N4O2/c1-2-24-9-11(7-17(24)26)19(27)25-6-5-15-16(10-25)23-18(22-15)13-4-3-12(20)8-14(13)21/h3-4,8,11H,2,5-7,9-10H2,1H3,(H,22,23)/t11-/m0/s1. The van der Waals surface area contributed by atoms with Crippen molar-refractivity contribution in [2.45, 2.75) is 26.3 Å². The first-order chi connectivity index (χ1) is 13.0. The van der Waals surface area contributed by atoms with Crippen molar-refractivity contribution in [3.05, 3.63) is 41.2 Å². The summed E-state index contributed by atoms with van der Waals surface area (Å²) >= 11 is 0. The van der Waals surface area contributed by atoms with E-state index in [1.165, 1.54) is 12.1 Å². The Morgan fingerprint density at radius 2 is 2.19 bits per heavy atom. The van der Waals surface area contributed by atoms with Crippen LogP contribution in [0.3, 0.4) is 0 Å². The number of aromatic amines is 1. The number of imidazole rings is 1. The molecular weight excluding hydrogens is 354 g/mol. The zero-order valence-corrected chi connectivity index (χ0v) is 15.0. The van der Waals surface area contributed by atoms with E-state index in [4.69, 9.17) is 0 Å². The van der Waals surface area contributed by atoms with Gasteiger partial charge in [-0.3, -0.25) is 9.59 Å². The topological polar surface area (TPSA) is 69.3 Å². The quantitative estimate of drug-likeness (QED) is 0.895. The highest BCUT2D eigenvalue weighted by molar-refractivity contribution is 5.89. The molecule has 0 bridgehead atoms. The number of nitrogens with zero attached hydrogens (tertiary/aromatic N) is 3. The maximum atomic E-state index is 14.0. The van der Waals surface area contributed by atoms with Gasteiger partial charge in [0.15, 0.2) is 0 Å². The van der Waals surface area contributed by atoms with Gasteiger partial charge in [-0.05, 0) is 19.1 Å². The number of fused-ring (bicyclic) bond motifs is 1. The summed E-state index contributed by atoms with van der Waals surface area (Å²) in [6.07, 6.45) is 0.809. The summed E-state index contributed by atoms with van der Waals surface area (Å²) in [7, 11) is 0. The van der Waals surface area contributed by atoms with E-state index in [1.54, 1.807) is 9.80 Å². The van der Waals surface area contributed by atoms with E-state index in [1.807, 2.05) is 6.92 Å². The number of carbonyl (C=O) groups is 2. The van der Waals surface area contributed by atoms with E-state index in [0.717, 1.165) is 17.5 Å². The third kappa shape index (κ3) is 3.20. The number of carbonyl (C=O) groups excluding carboxylic acids is 2. The zero-order chi connectivity index (χ0) is 19.1. The molecule has 0 radical (unpaired) electrons. The van der Waals surface area contributed by atoms with Crippen LogP contribution in [0.25, 0.3) is 11.4 Å². The van der Waals surface area contributed by atoms with Gasteiger partial charge >= 0.3 is 0 Å². The number of hydrogen-bond acceptors (Lipinski definition) is 3. The van der Waals surface area contributed by atoms with Gasteiger partial charge in [-0.2, -0.15) is 0 Å². The summed E-state index contributed by atoms with van der Waals surface area (Å²) in [5, 5.41) is 0. The Hall–Kier alpha value is -2.77. The van der Waals surface area contributed by atoms with Crippen LogP contribution < -0.4 is 0 Å². The van der Waals surface area contributed by atoms with Gasteiger partial charge in [0.2, 0.25) is 11.8 Å². The van der Waals surface area contributed by atoms with E-state index >= 15 is 0 Å². The molecule has 2 amide bonds. The molecule has 1 aromatic carbocycles. The van der Waals surface area contributed by atoms with E-state index in [-0.39, 0.29) is 29.7 Å². The Balaban J connectivity index is 1.51. The lowest BCUT2D eigenvalue weighted by Gasteiger charge is -2.28. The summed E-state index contributed by atoms with van der Waals surface area (Å²) < 4.78 is 27.1. The number of likely N-dealkylation sites (tertiary alicyclic amines) is 1. The van der Waals surface area contributed by atoms with Crippen molar-refractivity contribution in [2.75, 3.05) is 19.6 Å². The third-order valence-electron chi connectivity index (χ3n) is 5.28. The molecule has 1 aromatic heterocycles. The molecule has 2 aromatic rings. The molecule has 1 saturated heterocycles. The average molecular weight is 374 g/mol. The molecule has 142 valence electrons. The number of aromatic nitrogens is 2. The van der Waals surface area contributed by atoms with Crippen LogP contribution in [0.4, 0.5) is 8.78 Å². The summed E-state index contributed by atoms with van der Waals surface area (Å²) in [5.41, 5.74) is 1.74. The maximum Gasteiger partial charge on any atom is 0.228 e. The molecule has 0 spiro atoms. The number of halogens is 2. The normalized spacial score (nSPS) is 19.5. The minimum atomic E-state index is -0.682. The lowest BCUT2D eigenvalue weighted by molar-refractivity contribution is -0.136. The molecular formula is C19H20F2N4O2. The predicted molar refractivity (Wildman–Crippen MR) is 93.4 cm³/mol. The van der Waals surface area contributed by atoms with Crippen LogP contribution in [-0.2, 0) is 22.6 Å². The molecule has 4 rings (SSSR count). The second-order valence-electron chi connectivity index (χ2n) is 6.98. The van der Waals surface area contributed by atoms with E-state index in [0.29, 0.717) is 38.4 Å². The second kappa shape index (κ2) is 6.75. The smallest absolute Gasteiger partial charge is 0.228 e. The predicted octanol–water partition coefficient (Wildman–Crippen LogP) is 2.11. The molecule has 1 N–H and O–H groups in total. The second-order valence-corrected chi connectivity index (χ2v) is 6.98. The van der Waals surface area contributed by atoms with Crippen LogP contribution in [-0.4, -0.2) is 51.2 Å².